The van der Waals surface area contributed by atoms with Crippen molar-refractivity contribution in [1.29, 1.82) is 0 Å². The molecule has 8 heteroatoms. The summed E-state index contributed by atoms with van der Waals surface area (Å²) in [4.78, 5) is 42.7. The Balaban J connectivity index is 1.80. The number of carboxylic acids is 1. The van der Waals surface area contributed by atoms with E-state index in [1.807, 2.05) is 18.7 Å². The number of urea groups is 1. The fraction of sp³-hybridized carbons (Fsp3) is 0.842. The molecule has 3 aliphatic rings. The van der Waals surface area contributed by atoms with Crippen LogP contribution in [-0.4, -0.2) is 86.7 Å². The SMILES string of the molecule is CCC(C)C(C(=O)N1CC(O)CC1C(=O)O)N1CCN(C2CCCC2)C1=O. The summed E-state index contributed by atoms with van der Waals surface area (Å²) in [6.45, 7) is 5.01. The summed E-state index contributed by atoms with van der Waals surface area (Å²) < 4.78 is 0. The van der Waals surface area contributed by atoms with Crippen LogP contribution in [0.3, 0.4) is 0 Å². The van der Waals surface area contributed by atoms with E-state index in [4.69, 9.17) is 0 Å². The quantitative estimate of drug-likeness (QED) is 0.718. The molecule has 2 aliphatic heterocycles. The topological polar surface area (TPSA) is 101 Å². The van der Waals surface area contributed by atoms with Gasteiger partial charge in [-0.15, -0.1) is 0 Å². The van der Waals surface area contributed by atoms with Crippen LogP contribution in [0.4, 0.5) is 4.79 Å². The maximum absolute atomic E-state index is 13.3. The number of hydrogen-bond donors (Lipinski definition) is 2. The van der Waals surface area contributed by atoms with Crippen LogP contribution in [0.1, 0.15) is 52.4 Å². The first-order valence-corrected chi connectivity index (χ1v) is 10.1. The summed E-state index contributed by atoms with van der Waals surface area (Å²) in [5.74, 6) is -1.55. The summed E-state index contributed by atoms with van der Waals surface area (Å²) in [7, 11) is 0. The zero-order valence-electron chi connectivity index (χ0n) is 16.2. The number of carbonyl (C=O) groups excluding carboxylic acids is 2. The van der Waals surface area contributed by atoms with Gasteiger partial charge < -0.3 is 24.9 Å². The van der Waals surface area contributed by atoms with Gasteiger partial charge in [0, 0.05) is 32.1 Å². The molecule has 2 saturated heterocycles. The third-order valence-electron chi connectivity index (χ3n) is 6.46. The van der Waals surface area contributed by atoms with E-state index in [1.54, 1.807) is 4.90 Å². The van der Waals surface area contributed by atoms with Gasteiger partial charge in [-0.3, -0.25) is 4.79 Å². The number of nitrogens with zero attached hydrogens (tertiary/aromatic N) is 3. The average Bonchev–Trinajstić information content (AvgIpc) is 3.35. The number of aliphatic hydroxyl groups is 1. The highest BCUT2D eigenvalue weighted by Crippen LogP contribution is 2.30. The molecule has 4 atom stereocenters. The van der Waals surface area contributed by atoms with Crippen LogP contribution in [0.25, 0.3) is 0 Å². The largest absolute Gasteiger partial charge is 0.480 e. The number of carbonyl (C=O) groups is 3. The minimum atomic E-state index is -1.11. The Morgan fingerprint density at radius 2 is 1.89 bits per heavy atom. The second-order valence-electron chi connectivity index (χ2n) is 8.17. The molecular formula is C19H31N3O5. The number of β-amino-alcohol motifs (C(OH)–C–C–N with tert-alkyl or cyclic N) is 1. The van der Waals surface area contributed by atoms with Crippen LogP contribution in [0.2, 0.25) is 0 Å². The van der Waals surface area contributed by atoms with Crippen molar-refractivity contribution < 1.29 is 24.6 Å². The first-order valence-electron chi connectivity index (χ1n) is 10.1. The van der Waals surface area contributed by atoms with Crippen molar-refractivity contribution in [2.24, 2.45) is 5.92 Å². The number of amides is 3. The van der Waals surface area contributed by atoms with Gasteiger partial charge in [-0.25, -0.2) is 9.59 Å². The number of aliphatic hydroxyl groups excluding tert-OH is 1. The molecule has 27 heavy (non-hydrogen) atoms. The van der Waals surface area contributed by atoms with E-state index in [0.717, 1.165) is 25.7 Å². The van der Waals surface area contributed by atoms with Crippen molar-refractivity contribution in [3.63, 3.8) is 0 Å². The lowest BCUT2D eigenvalue weighted by Gasteiger charge is -2.35. The minimum Gasteiger partial charge on any atom is -0.480 e. The van der Waals surface area contributed by atoms with E-state index < -0.39 is 24.2 Å². The Kier molecular flexibility index (Phi) is 5.93. The molecule has 0 bridgehead atoms. The summed E-state index contributed by atoms with van der Waals surface area (Å²) in [5.41, 5.74) is 0. The van der Waals surface area contributed by atoms with Crippen molar-refractivity contribution in [1.82, 2.24) is 14.7 Å². The van der Waals surface area contributed by atoms with Gasteiger partial charge >= 0.3 is 12.0 Å². The smallest absolute Gasteiger partial charge is 0.326 e. The Morgan fingerprint density at radius 1 is 1.22 bits per heavy atom. The third kappa shape index (κ3) is 3.77. The zero-order valence-corrected chi connectivity index (χ0v) is 16.2. The molecule has 3 fully saturated rings. The molecule has 0 aromatic heterocycles. The van der Waals surface area contributed by atoms with Crippen molar-refractivity contribution in [2.45, 2.75) is 76.6 Å². The fourth-order valence-electron chi connectivity index (χ4n) is 4.75. The highest BCUT2D eigenvalue weighted by atomic mass is 16.4. The van der Waals surface area contributed by atoms with Crippen LogP contribution < -0.4 is 0 Å². The normalized spacial score (nSPS) is 28.9. The Labute approximate surface area is 160 Å². The molecule has 2 N–H and O–H groups in total. The van der Waals surface area contributed by atoms with Gasteiger partial charge in [0.1, 0.15) is 12.1 Å². The minimum absolute atomic E-state index is 0.0110. The van der Waals surface area contributed by atoms with E-state index in [1.165, 1.54) is 4.90 Å². The van der Waals surface area contributed by atoms with E-state index >= 15 is 0 Å². The number of carboxylic acid groups (broad SMARTS) is 1. The van der Waals surface area contributed by atoms with Gasteiger partial charge in [0.25, 0.3) is 0 Å². The predicted octanol–water partition coefficient (Wildman–Crippen LogP) is 1.13. The number of likely N-dealkylation sites (tertiary alicyclic amines) is 1. The highest BCUT2D eigenvalue weighted by molar-refractivity contribution is 5.91. The van der Waals surface area contributed by atoms with Crippen LogP contribution in [-0.2, 0) is 9.59 Å². The van der Waals surface area contributed by atoms with Crippen molar-refractivity contribution >= 4 is 17.9 Å². The first kappa shape index (κ1) is 19.9. The van der Waals surface area contributed by atoms with Crippen molar-refractivity contribution in [2.75, 3.05) is 19.6 Å². The summed E-state index contributed by atoms with van der Waals surface area (Å²) in [5, 5.41) is 19.3. The molecule has 8 nitrogen and oxygen atoms in total. The molecule has 1 aliphatic carbocycles. The average molecular weight is 381 g/mol. The third-order valence-corrected chi connectivity index (χ3v) is 6.46. The Hall–Kier alpha value is -1.83. The lowest BCUT2D eigenvalue weighted by Crippen LogP contribution is -2.55. The van der Waals surface area contributed by atoms with Gasteiger partial charge in [-0.05, 0) is 18.8 Å². The standard InChI is InChI=1S/C19H31N3O5/c1-3-12(2)16(17(24)22-11-14(23)10-15(22)18(25)26)21-9-8-20(19(21)27)13-6-4-5-7-13/h12-16,23H,3-11H2,1-2H3,(H,25,26). The summed E-state index contributed by atoms with van der Waals surface area (Å²) in [6.07, 6.45) is 4.20. The maximum Gasteiger partial charge on any atom is 0.326 e. The molecule has 0 aromatic rings. The lowest BCUT2D eigenvalue weighted by molar-refractivity contribution is -0.150. The second-order valence-corrected chi connectivity index (χ2v) is 8.17. The van der Waals surface area contributed by atoms with Gasteiger partial charge in [0.05, 0.1) is 6.10 Å². The molecule has 2 heterocycles. The zero-order chi connectivity index (χ0) is 19.7. The fourth-order valence-corrected chi connectivity index (χ4v) is 4.75. The van der Waals surface area contributed by atoms with E-state index in [0.29, 0.717) is 19.5 Å². The van der Waals surface area contributed by atoms with E-state index in [2.05, 4.69) is 0 Å². The molecule has 4 unspecified atom stereocenters. The number of aliphatic carboxylic acids is 1. The van der Waals surface area contributed by atoms with Crippen LogP contribution >= 0.6 is 0 Å². The van der Waals surface area contributed by atoms with Crippen LogP contribution in [0, 0.1) is 5.92 Å². The molecular weight excluding hydrogens is 350 g/mol. The van der Waals surface area contributed by atoms with Gasteiger partial charge in [0.15, 0.2) is 0 Å². The first-order chi connectivity index (χ1) is 12.8. The molecule has 0 spiro atoms. The van der Waals surface area contributed by atoms with Gasteiger partial charge in [-0.1, -0.05) is 33.1 Å². The second kappa shape index (κ2) is 8.04. The van der Waals surface area contributed by atoms with Gasteiger partial charge in [-0.2, -0.15) is 0 Å². The monoisotopic (exact) mass is 381 g/mol. The lowest BCUT2D eigenvalue weighted by atomic mass is 9.96. The van der Waals surface area contributed by atoms with Gasteiger partial charge in [0.2, 0.25) is 5.91 Å². The number of hydrogen-bond acceptors (Lipinski definition) is 4. The number of rotatable bonds is 6. The maximum atomic E-state index is 13.3. The summed E-state index contributed by atoms with van der Waals surface area (Å²) in [6, 6.07) is -1.55. The van der Waals surface area contributed by atoms with Crippen LogP contribution in [0.5, 0.6) is 0 Å². The molecule has 1 saturated carbocycles. The molecule has 152 valence electrons. The van der Waals surface area contributed by atoms with Crippen molar-refractivity contribution in [3.05, 3.63) is 0 Å². The summed E-state index contributed by atoms with van der Waals surface area (Å²) >= 11 is 0. The molecule has 3 amide bonds. The molecule has 0 radical (unpaired) electrons. The Morgan fingerprint density at radius 3 is 2.48 bits per heavy atom. The molecule has 0 aromatic carbocycles. The van der Waals surface area contributed by atoms with E-state index in [-0.39, 0.29) is 36.9 Å². The van der Waals surface area contributed by atoms with E-state index in [9.17, 15) is 24.6 Å². The highest BCUT2D eigenvalue weighted by Gasteiger charge is 2.47. The predicted molar refractivity (Wildman–Crippen MR) is 98.1 cm³/mol. The Bertz CT molecular complexity index is 592. The van der Waals surface area contributed by atoms with Crippen LogP contribution in [0.15, 0.2) is 0 Å². The molecule has 3 rings (SSSR count). The van der Waals surface area contributed by atoms with Crippen molar-refractivity contribution in [3.8, 4) is 0 Å².